The number of methoxy groups -OCH3 is 1. The van der Waals surface area contributed by atoms with E-state index < -0.39 is 5.97 Å². The third-order valence-corrected chi connectivity index (χ3v) is 6.17. The summed E-state index contributed by atoms with van der Waals surface area (Å²) in [6, 6.07) is 20.3. The van der Waals surface area contributed by atoms with Gasteiger partial charge < -0.3 is 19.4 Å². The molecular weight excluding hydrogens is 448 g/mol. The number of thiocarbonyl (C=S) groups is 1. The molecule has 0 spiro atoms. The van der Waals surface area contributed by atoms with E-state index >= 15 is 0 Å². The Morgan fingerprint density at radius 3 is 2.62 bits per heavy atom. The third-order valence-electron chi connectivity index (χ3n) is 5.82. The van der Waals surface area contributed by atoms with Crippen molar-refractivity contribution in [2.45, 2.75) is 18.6 Å². The number of benzene rings is 1. The number of hydrogen-bond acceptors (Lipinski definition) is 6. The van der Waals surface area contributed by atoms with Crippen LogP contribution in [0.3, 0.4) is 0 Å². The van der Waals surface area contributed by atoms with Crippen molar-refractivity contribution in [3.8, 4) is 11.3 Å². The summed E-state index contributed by atoms with van der Waals surface area (Å²) in [7, 11) is 1.37. The summed E-state index contributed by atoms with van der Waals surface area (Å²) >= 11 is 5.73. The first-order chi connectivity index (χ1) is 16.7. The van der Waals surface area contributed by atoms with E-state index in [0.29, 0.717) is 34.3 Å². The molecule has 1 aliphatic rings. The normalized spacial score (nSPS) is 17.4. The number of aromatic nitrogens is 2. The molecule has 1 aliphatic heterocycles. The van der Waals surface area contributed by atoms with Crippen LogP contribution in [0, 0.1) is 0 Å². The lowest BCUT2D eigenvalue weighted by Gasteiger charge is -2.26. The number of nitrogens with one attached hydrogen (secondary N) is 1. The van der Waals surface area contributed by atoms with Crippen LogP contribution in [-0.4, -0.2) is 33.1 Å². The van der Waals surface area contributed by atoms with E-state index in [4.69, 9.17) is 21.4 Å². The topological polar surface area (TPSA) is 80.5 Å². The van der Waals surface area contributed by atoms with Gasteiger partial charge in [-0.2, -0.15) is 0 Å². The summed E-state index contributed by atoms with van der Waals surface area (Å²) < 4.78 is 11.3. The molecule has 0 radical (unpaired) electrons. The summed E-state index contributed by atoms with van der Waals surface area (Å²) in [5.41, 5.74) is 3.05. The molecule has 0 saturated carbocycles. The van der Waals surface area contributed by atoms with E-state index in [1.165, 1.54) is 7.11 Å². The summed E-state index contributed by atoms with van der Waals surface area (Å²) in [6.07, 6.45) is 5.30. The molecule has 4 heterocycles. The first-order valence-electron chi connectivity index (χ1n) is 10.8. The minimum Gasteiger partial charge on any atom is -0.465 e. The summed E-state index contributed by atoms with van der Waals surface area (Å²) in [4.78, 5) is 23.1. The lowest BCUT2D eigenvalue weighted by molar-refractivity contribution is 0.0601. The molecule has 1 fully saturated rings. The highest BCUT2D eigenvalue weighted by molar-refractivity contribution is 7.80. The second kappa shape index (κ2) is 9.44. The predicted molar refractivity (Wildman–Crippen MR) is 131 cm³/mol. The quantitative estimate of drug-likeness (QED) is 0.321. The average molecular weight is 471 g/mol. The van der Waals surface area contributed by atoms with E-state index in [1.807, 2.05) is 54.6 Å². The molecule has 170 valence electrons. The van der Waals surface area contributed by atoms with Crippen molar-refractivity contribution >= 4 is 23.3 Å². The predicted octanol–water partition coefficient (Wildman–Crippen LogP) is 4.70. The minimum atomic E-state index is -0.414. The number of rotatable bonds is 6. The number of carbonyl (C=O) groups excluding carboxylic acids is 1. The van der Waals surface area contributed by atoms with Gasteiger partial charge in [-0.05, 0) is 60.2 Å². The number of carbonyl (C=O) groups is 1. The lowest BCUT2D eigenvalue weighted by atomic mass is 10.0. The zero-order chi connectivity index (χ0) is 23.5. The summed E-state index contributed by atoms with van der Waals surface area (Å²) in [5.74, 6) is 0.882. The van der Waals surface area contributed by atoms with Crippen molar-refractivity contribution < 1.29 is 13.9 Å². The summed E-state index contributed by atoms with van der Waals surface area (Å²) in [5, 5.41) is 4.04. The van der Waals surface area contributed by atoms with Gasteiger partial charge in [0.05, 0.1) is 24.4 Å². The smallest absolute Gasteiger partial charge is 0.338 e. The molecule has 8 heteroatoms. The number of nitrogens with zero attached hydrogens (tertiary/aromatic N) is 3. The molecule has 0 bridgehead atoms. The van der Waals surface area contributed by atoms with Crippen molar-refractivity contribution in [2.75, 3.05) is 7.11 Å². The molecule has 2 atom stereocenters. The Hall–Kier alpha value is -4.04. The largest absolute Gasteiger partial charge is 0.465 e. The Morgan fingerprint density at radius 1 is 1.06 bits per heavy atom. The van der Waals surface area contributed by atoms with Gasteiger partial charge in [0, 0.05) is 30.7 Å². The zero-order valence-electron chi connectivity index (χ0n) is 18.4. The van der Waals surface area contributed by atoms with Crippen molar-refractivity contribution in [2.24, 2.45) is 0 Å². The number of hydrogen-bond donors (Lipinski definition) is 1. The molecule has 7 nitrogen and oxygen atoms in total. The van der Waals surface area contributed by atoms with Gasteiger partial charge in [0.2, 0.25) is 0 Å². The van der Waals surface area contributed by atoms with Crippen LogP contribution in [0.1, 0.15) is 39.5 Å². The second-order valence-corrected chi connectivity index (χ2v) is 8.24. The highest BCUT2D eigenvalue weighted by Crippen LogP contribution is 2.41. The molecule has 5 rings (SSSR count). The maximum Gasteiger partial charge on any atom is 0.338 e. The van der Waals surface area contributed by atoms with Crippen LogP contribution in [0.5, 0.6) is 0 Å². The van der Waals surface area contributed by atoms with Gasteiger partial charge in [-0.3, -0.25) is 9.97 Å². The SMILES string of the molecule is COC(=O)c1ccccc1-c1ccc([C@@H]2[C@H](c3ccccn3)NC(=S)N2Cc2ccncc2)o1. The first-order valence-corrected chi connectivity index (χ1v) is 11.2. The number of ether oxygens (including phenoxy) is 1. The van der Waals surface area contributed by atoms with Crippen LogP contribution < -0.4 is 5.32 Å². The minimum absolute atomic E-state index is 0.203. The molecule has 1 N–H and O–H groups in total. The van der Waals surface area contributed by atoms with E-state index in [-0.39, 0.29) is 12.1 Å². The van der Waals surface area contributed by atoms with E-state index in [2.05, 4.69) is 20.2 Å². The lowest BCUT2D eigenvalue weighted by Crippen LogP contribution is -2.29. The van der Waals surface area contributed by atoms with E-state index in [0.717, 1.165) is 11.3 Å². The maximum absolute atomic E-state index is 12.3. The fourth-order valence-corrected chi connectivity index (χ4v) is 4.52. The first kappa shape index (κ1) is 21.8. The highest BCUT2D eigenvalue weighted by Gasteiger charge is 2.41. The van der Waals surface area contributed by atoms with Gasteiger partial charge >= 0.3 is 5.97 Å². The fourth-order valence-electron chi connectivity index (χ4n) is 4.21. The Bertz CT molecular complexity index is 1310. The summed E-state index contributed by atoms with van der Waals surface area (Å²) in [6.45, 7) is 0.580. The van der Waals surface area contributed by atoms with Gasteiger partial charge in [0.1, 0.15) is 17.6 Å². The van der Waals surface area contributed by atoms with Crippen LogP contribution in [0.25, 0.3) is 11.3 Å². The Balaban J connectivity index is 1.55. The zero-order valence-corrected chi connectivity index (χ0v) is 19.2. The van der Waals surface area contributed by atoms with Crippen molar-refractivity contribution in [3.63, 3.8) is 0 Å². The molecule has 0 amide bonds. The van der Waals surface area contributed by atoms with Crippen LogP contribution >= 0.6 is 12.2 Å². The molecule has 34 heavy (non-hydrogen) atoms. The van der Waals surface area contributed by atoms with Crippen LogP contribution in [0.15, 0.2) is 89.7 Å². The molecule has 1 aromatic carbocycles. The Morgan fingerprint density at radius 2 is 1.85 bits per heavy atom. The number of furan rings is 1. The Kier molecular flexibility index (Phi) is 6.05. The molecule has 3 aromatic heterocycles. The van der Waals surface area contributed by atoms with Crippen LogP contribution in [-0.2, 0) is 11.3 Å². The van der Waals surface area contributed by atoms with Gasteiger partial charge in [-0.25, -0.2) is 4.79 Å². The molecule has 4 aromatic rings. The monoisotopic (exact) mass is 470 g/mol. The average Bonchev–Trinajstić information content (AvgIpc) is 3.49. The van der Waals surface area contributed by atoms with Crippen molar-refractivity contribution in [1.29, 1.82) is 0 Å². The number of esters is 1. The van der Waals surface area contributed by atoms with E-state index in [9.17, 15) is 4.79 Å². The van der Waals surface area contributed by atoms with Crippen LogP contribution in [0.4, 0.5) is 0 Å². The van der Waals surface area contributed by atoms with Crippen molar-refractivity contribution in [1.82, 2.24) is 20.2 Å². The second-order valence-electron chi connectivity index (χ2n) is 7.85. The Labute approximate surface area is 202 Å². The van der Waals surface area contributed by atoms with E-state index in [1.54, 1.807) is 30.7 Å². The third kappa shape index (κ3) is 4.15. The van der Waals surface area contributed by atoms with Gasteiger partial charge in [-0.15, -0.1) is 0 Å². The van der Waals surface area contributed by atoms with Crippen LogP contribution in [0.2, 0.25) is 0 Å². The molecular formula is C26H22N4O3S. The molecule has 1 saturated heterocycles. The maximum atomic E-state index is 12.3. The molecule has 0 aliphatic carbocycles. The molecule has 0 unspecified atom stereocenters. The van der Waals surface area contributed by atoms with Gasteiger partial charge in [0.25, 0.3) is 0 Å². The number of pyridine rings is 2. The standard InChI is InChI=1S/C26H22N4O3S/c1-32-25(31)19-7-3-2-6-18(19)21-9-10-22(33-21)24-23(20-8-4-5-13-28-20)29-26(34)30(24)16-17-11-14-27-15-12-17/h2-15,23-24H,16H2,1H3,(H,29,34)/t23-,24+/m0/s1. The van der Waals surface area contributed by atoms with Crippen molar-refractivity contribution in [3.05, 3.63) is 108 Å². The highest BCUT2D eigenvalue weighted by atomic mass is 32.1. The fraction of sp³-hybridized carbons (Fsp3) is 0.154. The van der Waals surface area contributed by atoms with Gasteiger partial charge in [-0.1, -0.05) is 24.3 Å². The van der Waals surface area contributed by atoms with Gasteiger partial charge in [0.15, 0.2) is 5.11 Å².